The lowest BCUT2D eigenvalue weighted by Crippen LogP contribution is -2.20. The second-order valence-corrected chi connectivity index (χ2v) is 6.90. The van der Waals surface area contributed by atoms with Crippen LogP contribution in [0.15, 0.2) is 53.3 Å². The predicted molar refractivity (Wildman–Crippen MR) is 107 cm³/mol. The number of aromatic nitrogens is 4. The maximum absolute atomic E-state index is 12.5. The Kier molecular flexibility index (Phi) is 4.75. The van der Waals surface area contributed by atoms with Gasteiger partial charge in [0.2, 0.25) is 5.78 Å². The van der Waals surface area contributed by atoms with Gasteiger partial charge in [-0.15, -0.1) is 10.2 Å². The van der Waals surface area contributed by atoms with Crippen LogP contribution in [0.2, 0.25) is 0 Å². The molecule has 0 spiro atoms. The normalized spacial score (nSPS) is 11.3. The van der Waals surface area contributed by atoms with Crippen LogP contribution >= 0.6 is 0 Å². The molecule has 0 amide bonds. The van der Waals surface area contributed by atoms with Crippen molar-refractivity contribution >= 4 is 22.6 Å². The second-order valence-electron chi connectivity index (χ2n) is 6.90. The van der Waals surface area contributed by atoms with E-state index in [1.165, 1.54) is 4.57 Å². The highest BCUT2D eigenvalue weighted by atomic mass is 16.5. The summed E-state index contributed by atoms with van der Waals surface area (Å²) in [6.07, 6.45) is -0.176. The van der Waals surface area contributed by atoms with E-state index >= 15 is 0 Å². The number of hydrogen-bond acceptors (Lipinski definition) is 6. The molecule has 8 nitrogen and oxygen atoms in total. The van der Waals surface area contributed by atoms with Crippen LogP contribution in [0.5, 0.6) is 5.75 Å². The molecule has 4 rings (SSSR count). The average Bonchev–Trinajstić information content (AvgIpc) is 3.14. The fourth-order valence-corrected chi connectivity index (χ4v) is 3.10. The molecule has 2 heterocycles. The third-order valence-corrected chi connectivity index (χ3v) is 4.49. The van der Waals surface area contributed by atoms with Gasteiger partial charge in [-0.05, 0) is 50.2 Å². The average molecular weight is 392 g/mol. The third kappa shape index (κ3) is 3.44. The van der Waals surface area contributed by atoms with Crippen molar-refractivity contribution in [1.29, 1.82) is 0 Å². The first-order valence-electron chi connectivity index (χ1n) is 9.21. The Balaban J connectivity index is 1.61. The smallest absolute Gasteiger partial charge is 0.338 e. The van der Waals surface area contributed by atoms with Gasteiger partial charge >= 0.3 is 5.97 Å². The van der Waals surface area contributed by atoms with E-state index in [4.69, 9.17) is 9.47 Å². The minimum absolute atomic E-state index is 0.128. The Morgan fingerprint density at radius 1 is 1.07 bits per heavy atom. The Morgan fingerprint density at radius 2 is 1.79 bits per heavy atom. The topological polar surface area (TPSA) is 87.7 Å². The lowest BCUT2D eigenvalue weighted by Gasteiger charge is -2.10. The van der Waals surface area contributed by atoms with Crippen LogP contribution in [0.1, 0.15) is 30.0 Å². The number of para-hydroxylation sites is 1. The molecule has 0 N–H and O–H groups in total. The highest BCUT2D eigenvalue weighted by molar-refractivity contribution is 5.89. The Hall–Kier alpha value is -3.68. The van der Waals surface area contributed by atoms with Gasteiger partial charge in [0.05, 0.1) is 22.6 Å². The highest BCUT2D eigenvalue weighted by Gasteiger charge is 2.15. The van der Waals surface area contributed by atoms with E-state index in [0.717, 1.165) is 5.52 Å². The first-order chi connectivity index (χ1) is 14.0. The molecule has 0 saturated heterocycles. The summed E-state index contributed by atoms with van der Waals surface area (Å²) in [6, 6.07) is 14.0. The van der Waals surface area contributed by atoms with Crippen molar-refractivity contribution in [2.75, 3.05) is 0 Å². The largest absolute Gasteiger partial charge is 0.486 e. The van der Waals surface area contributed by atoms with Crippen LogP contribution in [-0.2, 0) is 18.4 Å². The number of ether oxygens (including phenoxy) is 2. The van der Waals surface area contributed by atoms with Gasteiger partial charge < -0.3 is 9.47 Å². The van der Waals surface area contributed by atoms with Crippen molar-refractivity contribution in [3.8, 4) is 5.75 Å². The van der Waals surface area contributed by atoms with Gasteiger partial charge in [0.25, 0.3) is 5.56 Å². The van der Waals surface area contributed by atoms with E-state index < -0.39 is 0 Å². The van der Waals surface area contributed by atoms with Crippen LogP contribution in [0.25, 0.3) is 16.7 Å². The van der Waals surface area contributed by atoms with Crippen molar-refractivity contribution in [3.63, 3.8) is 0 Å². The monoisotopic (exact) mass is 392 g/mol. The maximum Gasteiger partial charge on any atom is 0.338 e. The first kappa shape index (κ1) is 18.7. The summed E-state index contributed by atoms with van der Waals surface area (Å²) in [5.74, 6) is 1.22. The molecule has 4 aromatic rings. The van der Waals surface area contributed by atoms with Crippen LogP contribution in [0.3, 0.4) is 0 Å². The van der Waals surface area contributed by atoms with Crippen molar-refractivity contribution in [2.45, 2.75) is 26.6 Å². The zero-order valence-electron chi connectivity index (χ0n) is 16.3. The third-order valence-electron chi connectivity index (χ3n) is 4.49. The van der Waals surface area contributed by atoms with Crippen LogP contribution in [0, 0.1) is 0 Å². The fraction of sp³-hybridized carbons (Fsp3) is 0.238. The van der Waals surface area contributed by atoms with Crippen molar-refractivity contribution in [1.82, 2.24) is 19.2 Å². The molecule has 0 radical (unpaired) electrons. The highest BCUT2D eigenvalue weighted by Crippen LogP contribution is 2.17. The molecule has 8 heteroatoms. The summed E-state index contributed by atoms with van der Waals surface area (Å²) >= 11 is 0. The summed E-state index contributed by atoms with van der Waals surface area (Å²) in [5, 5.41) is 8.92. The number of carbonyl (C=O) groups excluding carboxylic acids is 1. The number of carbonyl (C=O) groups is 1. The van der Waals surface area contributed by atoms with Gasteiger partial charge in [-0.2, -0.15) is 0 Å². The maximum atomic E-state index is 12.5. The minimum atomic E-state index is -0.373. The van der Waals surface area contributed by atoms with Crippen LogP contribution in [0.4, 0.5) is 0 Å². The van der Waals surface area contributed by atoms with Gasteiger partial charge in [-0.25, -0.2) is 4.79 Å². The summed E-state index contributed by atoms with van der Waals surface area (Å²) in [4.78, 5) is 24.4. The molecular formula is C21H20N4O4. The number of benzene rings is 2. The zero-order valence-corrected chi connectivity index (χ0v) is 16.3. The summed E-state index contributed by atoms with van der Waals surface area (Å²) in [7, 11) is 1.67. The summed E-state index contributed by atoms with van der Waals surface area (Å²) in [6.45, 7) is 3.76. The van der Waals surface area contributed by atoms with E-state index in [9.17, 15) is 9.59 Å². The summed E-state index contributed by atoms with van der Waals surface area (Å²) in [5.41, 5.74) is 1.05. The molecule has 0 fully saturated rings. The molecule has 0 bridgehead atoms. The minimum Gasteiger partial charge on any atom is -0.486 e. The number of rotatable bonds is 5. The second kappa shape index (κ2) is 7.38. The first-order valence-corrected chi connectivity index (χ1v) is 9.21. The molecule has 0 aliphatic carbocycles. The number of nitrogens with zero attached hydrogens (tertiary/aromatic N) is 4. The molecule has 0 aliphatic rings. The van der Waals surface area contributed by atoms with Gasteiger partial charge in [0, 0.05) is 7.05 Å². The van der Waals surface area contributed by atoms with Gasteiger partial charge in [0.1, 0.15) is 12.4 Å². The quantitative estimate of drug-likeness (QED) is 0.485. The molecule has 2 aromatic carbocycles. The van der Waals surface area contributed by atoms with Crippen molar-refractivity contribution in [3.05, 3.63) is 70.3 Å². The van der Waals surface area contributed by atoms with Crippen molar-refractivity contribution < 1.29 is 14.3 Å². The lowest BCUT2D eigenvalue weighted by molar-refractivity contribution is 0.0378. The fourth-order valence-electron chi connectivity index (χ4n) is 3.10. The van der Waals surface area contributed by atoms with E-state index in [0.29, 0.717) is 28.3 Å². The molecule has 29 heavy (non-hydrogen) atoms. The number of aryl methyl sites for hydroxylation is 1. The summed E-state index contributed by atoms with van der Waals surface area (Å²) < 4.78 is 14.3. The number of fused-ring (bicyclic) bond motifs is 3. The molecule has 0 saturated carbocycles. The van der Waals surface area contributed by atoms with E-state index in [-0.39, 0.29) is 24.2 Å². The van der Waals surface area contributed by atoms with Gasteiger partial charge in [-0.3, -0.25) is 13.8 Å². The molecule has 0 unspecified atom stereocenters. The Labute approximate surface area is 166 Å². The van der Waals surface area contributed by atoms with E-state index in [1.807, 2.05) is 22.6 Å². The zero-order chi connectivity index (χ0) is 20.5. The molecule has 0 atom stereocenters. The number of hydrogen-bond donors (Lipinski definition) is 0. The van der Waals surface area contributed by atoms with E-state index in [1.54, 1.807) is 51.2 Å². The van der Waals surface area contributed by atoms with Gasteiger partial charge in [0.15, 0.2) is 5.82 Å². The van der Waals surface area contributed by atoms with Crippen molar-refractivity contribution in [2.24, 2.45) is 7.05 Å². The van der Waals surface area contributed by atoms with Crippen LogP contribution < -0.4 is 10.3 Å². The SMILES string of the molecule is CC(C)OC(=O)c1ccc(OCc2nnc3n(C)c(=O)c4ccccc4n23)cc1. The predicted octanol–water partition coefficient (Wildman–Crippen LogP) is 2.73. The van der Waals surface area contributed by atoms with Crippen LogP contribution in [-0.4, -0.2) is 31.2 Å². The van der Waals surface area contributed by atoms with Gasteiger partial charge in [-0.1, -0.05) is 12.1 Å². The molecule has 2 aromatic heterocycles. The number of esters is 1. The van der Waals surface area contributed by atoms with E-state index in [2.05, 4.69) is 10.2 Å². The Bertz CT molecular complexity index is 1260. The molecule has 148 valence electrons. The Morgan fingerprint density at radius 3 is 2.52 bits per heavy atom. The lowest BCUT2D eigenvalue weighted by atomic mass is 10.2. The standard InChI is InChI=1S/C21H20N4O4/c1-13(2)29-20(27)14-8-10-15(11-9-14)28-12-18-22-23-21-24(3)19(26)16-6-4-5-7-17(16)25(18)21/h4-11,13H,12H2,1-3H3. The molecule has 0 aliphatic heterocycles. The molecular weight excluding hydrogens is 372 g/mol.